The Morgan fingerprint density at radius 3 is 2.08 bits per heavy atom. The fourth-order valence-electron chi connectivity index (χ4n) is 2.98. The van der Waals surface area contributed by atoms with Crippen LogP contribution in [0.4, 0.5) is 0 Å². The highest BCUT2D eigenvalue weighted by Crippen LogP contribution is 2.19. The molecule has 6 heteroatoms. The zero-order valence-electron chi connectivity index (χ0n) is 14.3. The molecule has 5 nitrogen and oxygen atoms in total. The molecule has 25 heavy (non-hydrogen) atoms. The Balaban J connectivity index is 1.64. The lowest BCUT2D eigenvalue weighted by molar-refractivity contribution is 0.101. The second-order valence-electron chi connectivity index (χ2n) is 6.25. The molecule has 0 saturated carbocycles. The van der Waals surface area contributed by atoms with Crippen LogP contribution in [0.3, 0.4) is 0 Å². The van der Waals surface area contributed by atoms with Gasteiger partial charge >= 0.3 is 0 Å². The Bertz CT molecular complexity index is 825. The first-order valence-electron chi connectivity index (χ1n) is 8.34. The van der Waals surface area contributed by atoms with Crippen LogP contribution in [0.1, 0.15) is 22.8 Å². The molecule has 0 radical (unpaired) electrons. The Labute approximate surface area is 148 Å². The van der Waals surface area contributed by atoms with E-state index in [9.17, 15) is 13.2 Å². The second-order valence-corrected chi connectivity index (χ2v) is 8.18. The molecule has 0 N–H and O–H groups in total. The van der Waals surface area contributed by atoms with E-state index in [4.69, 9.17) is 0 Å². The topological polar surface area (TPSA) is 57.7 Å². The summed E-state index contributed by atoms with van der Waals surface area (Å²) in [6.07, 6.45) is 0. The largest absolute Gasteiger partial charge is 0.296 e. The lowest BCUT2D eigenvalue weighted by Crippen LogP contribution is -2.48. The molecule has 0 aromatic heterocycles. The Kier molecular flexibility index (Phi) is 5.32. The summed E-state index contributed by atoms with van der Waals surface area (Å²) in [5.74, 6) is -0.0709. The van der Waals surface area contributed by atoms with Crippen molar-refractivity contribution in [3.8, 4) is 0 Å². The van der Waals surface area contributed by atoms with E-state index in [1.807, 2.05) is 18.2 Å². The van der Waals surface area contributed by atoms with Gasteiger partial charge in [0, 0.05) is 38.3 Å². The molecule has 2 aromatic rings. The van der Waals surface area contributed by atoms with Gasteiger partial charge in [0.1, 0.15) is 0 Å². The summed E-state index contributed by atoms with van der Waals surface area (Å²) in [5.41, 5.74) is 1.75. The molecule has 1 saturated heterocycles. The van der Waals surface area contributed by atoms with Crippen LogP contribution in [0.25, 0.3) is 0 Å². The highest BCUT2D eigenvalue weighted by atomic mass is 32.2. The maximum atomic E-state index is 12.8. The average Bonchev–Trinajstić information content (AvgIpc) is 2.63. The Morgan fingerprint density at radius 2 is 1.52 bits per heavy atom. The lowest BCUT2D eigenvalue weighted by Gasteiger charge is -2.34. The fraction of sp³-hybridized carbons (Fsp3) is 0.316. The Hall–Kier alpha value is -2.02. The van der Waals surface area contributed by atoms with Crippen molar-refractivity contribution >= 4 is 15.8 Å². The molecule has 0 spiro atoms. The van der Waals surface area contributed by atoms with E-state index in [1.165, 1.54) is 28.9 Å². The van der Waals surface area contributed by atoms with E-state index in [1.54, 1.807) is 12.1 Å². The van der Waals surface area contributed by atoms with Crippen molar-refractivity contribution in [2.45, 2.75) is 18.4 Å². The maximum Gasteiger partial charge on any atom is 0.243 e. The molecule has 0 amide bonds. The molecule has 1 aliphatic heterocycles. The van der Waals surface area contributed by atoms with Gasteiger partial charge in [-0.25, -0.2) is 8.42 Å². The normalized spacial score (nSPS) is 16.7. The van der Waals surface area contributed by atoms with Gasteiger partial charge in [-0.15, -0.1) is 0 Å². The number of nitrogens with zero attached hydrogens (tertiary/aromatic N) is 2. The van der Waals surface area contributed by atoms with Crippen LogP contribution in [0, 0.1) is 0 Å². The number of sulfonamides is 1. The minimum atomic E-state index is -3.51. The van der Waals surface area contributed by atoms with Gasteiger partial charge in [-0.2, -0.15) is 4.31 Å². The Morgan fingerprint density at radius 1 is 0.920 bits per heavy atom. The third-order valence-corrected chi connectivity index (χ3v) is 6.39. The maximum absolute atomic E-state index is 12.8. The SMILES string of the molecule is CC(=O)c1ccc(S(=O)(=O)N2CCN(Cc3ccccc3)CC2)cc1. The van der Waals surface area contributed by atoms with E-state index in [0.717, 1.165) is 6.54 Å². The zero-order chi connectivity index (χ0) is 17.9. The van der Waals surface area contributed by atoms with E-state index >= 15 is 0 Å². The molecule has 0 bridgehead atoms. The number of ketones is 1. The highest BCUT2D eigenvalue weighted by Gasteiger charge is 2.28. The second kappa shape index (κ2) is 7.47. The van der Waals surface area contributed by atoms with Crippen LogP contribution in [0.5, 0.6) is 0 Å². The summed E-state index contributed by atoms with van der Waals surface area (Å²) in [6.45, 7) is 4.67. The molecular weight excluding hydrogens is 336 g/mol. The van der Waals surface area contributed by atoms with Gasteiger partial charge in [-0.05, 0) is 24.6 Å². The van der Waals surface area contributed by atoms with Gasteiger partial charge in [-0.3, -0.25) is 9.69 Å². The van der Waals surface area contributed by atoms with Crippen molar-refractivity contribution in [3.05, 3.63) is 65.7 Å². The lowest BCUT2D eigenvalue weighted by atomic mass is 10.2. The predicted molar refractivity (Wildman–Crippen MR) is 96.9 cm³/mol. The summed E-state index contributed by atoms with van der Waals surface area (Å²) in [6, 6.07) is 16.4. The van der Waals surface area contributed by atoms with Crippen LogP contribution in [0.2, 0.25) is 0 Å². The van der Waals surface area contributed by atoms with Crippen LogP contribution < -0.4 is 0 Å². The third kappa shape index (κ3) is 4.15. The van der Waals surface area contributed by atoms with Gasteiger partial charge in [0.2, 0.25) is 10.0 Å². The highest BCUT2D eigenvalue weighted by molar-refractivity contribution is 7.89. The number of hydrogen-bond donors (Lipinski definition) is 0. The fourth-order valence-corrected chi connectivity index (χ4v) is 4.40. The standard InChI is InChI=1S/C19H22N2O3S/c1-16(22)18-7-9-19(10-8-18)25(23,24)21-13-11-20(12-14-21)15-17-5-3-2-4-6-17/h2-10H,11-15H2,1H3. The van der Waals surface area contributed by atoms with Gasteiger partial charge in [0.25, 0.3) is 0 Å². The number of carbonyl (C=O) groups excluding carboxylic acids is 1. The molecule has 3 rings (SSSR count). The summed E-state index contributed by atoms with van der Waals surface area (Å²) in [4.78, 5) is 13.8. The average molecular weight is 358 g/mol. The number of rotatable bonds is 5. The smallest absolute Gasteiger partial charge is 0.243 e. The van der Waals surface area contributed by atoms with Gasteiger partial charge < -0.3 is 0 Å². The van der Waals surface area contributed by atoms with Crippen molar-refractivity contribution in [2.75, 3.05) is 26.2 Å². The van der Waals surface area contributed by atoms with E-state index in [-0.39, 0.29) is 10.7 Å². The first kappa shape index (κ1) is 17.8. The number of piperazine rings is 1. The zero-order valence-corrected chi connectivity index (χ0v) is 15.1. The minimum Gasteiger partial charge on any atom is -0.296 e. The summed E-state index contributed by atoms with van der Waals surface area (Å²) in [5, 5.41) is 0. The number of hydrogen-bond acceptors (Lipinski definition) is 4. The van der Waals surface area contributed by atoms with Crippen LogP contribution in [0.15, 0.2) is 59.5 Å². The molecule has 1 fully saturated rings. The first-order valence-corrected chi connectivity index (χ1v) is 9.78. The van der Waals surface area contributed by atoms with E-state index < -0.39 is 10.0 Å². The third-order valence-electron chi connectivity index (χ3n) is 4.48. The van der Waals surface area contributed by atoms with Crippen molar-refractivity contribution in [1.29, 1.82) is 0 Å². The van der Waals surface area contributed by atoms with Crippen molar-refractivity contribution in [1.82, 2.24) is 9.21 Å². The number of carbonyl (C=O) groups is 1. The van der Waals surface area contributed by atoms with Crippen molar-refractivity contribution in [3.63, 3.8) is 0 Å². The van der Waals surface area contributed by atoms with Gasteiger partial charge in [0.05, 0.1) is 4.90 Å². The van der Waals surface area contributed by atoms with Gasteiger partial charge in [-0.1, -0.05) is 42.5 Å². The molecule has 0 unspecified atom stereocenters. The quantitative estimate of drug-likeness (QED) is 0.770. The molecule has 0 aliphatic carbocycles. The van der Waals surface area contributed by atoms with Crippen molar-refractivity contribution < 1.29 is 13.2 Å². The molecule has 1 heterocycles. The molecular formula is C19H22N2O3S. The summed E-state index contributed by atoms with van der Waals surface area (Å²) < 4.78 is 27.0. The summed E-state index contributed by atoms with van der Waals surface area (Å²) in [7, 11) is -3.51. The van der Waals surface area contributed by atoms with E-state index in [2.05, 4.69) is 17.0 Å². The predicted octanol–water partition coefficient (Wildman–Crippen LogP) is 2.40. The number of Topliss-reactive ketones (excluding diaryl/α,β-unsaturated/α-hetero) is 1. The molecule has 0 atom stereocenters. The molecule has 1 aliphatic rings. The molecule has 132 valence electrons. The first-order chi connectivity index (χ1) is 12.0. The van der Waals surface area contributed by atoms with Crippen LogP contribution >= 0.6 is 0 Å². The molecule has 2 aromatic carbocycles. The van der Waals surface area contributed by atoms with Crippen LogP contribution in [-0.4, -0.2) is 49.6 Å². The number of benzene rings is 2. The summed E-state index contributed by atoms with van der Waals surface area (Å²) >= 11 is 0. The van der Waals surface area contributed by atoms with E-state index in [0.29, 0.717) is 31.7 Å². The minimum absolute atomic E-state index is 0.0709. The van der Waals surface area contributed by atoms with Crippen molar-refractivity contribution in [2.24, 2.45) is 0 Å². The monoisotopic (exact) mass is 358 g/mol. The van der Waals surface area contributed by atoms with Crippen LogP contribution in [-0.2, 0) is 16.6 Å². The van der Waals surface area contributed by atoms with Gasteiger partial charge in [0.15, 0.2) is 5.78 Å².